The molecule has 1 aliphatic rings. The average molecular weight is 524 g/mol. The van der Waals surface area contributed by atoms with Crippen molar-refractivity contribution in [2.24, 2.45) is 5.73 Å². The zero-order chi connectivity index (χ0) is 25.1. The molecule has 186 valence electrons. The van der Waals surface area contributed by atoms with Crippen LogP contribution >= 0.6 is 22.9 Å². The summed E-state index contributed by atoms with van der Waals surface area (Å²) in [5, 5.41) is 7.77. The fourth-order valence-corrected chi connectivity index (χ4v) is 4.49. The van der Waals surface area contributed by atoms with Crippen LogP contribution in [0, 0.1) is 0 Å². The molecule has 3 heterocycles. The van der Waals surface area contributed by atoms with E-state index in [2.05, 4.69) is 44.4 Å². The van der Waals surface area contributed by atoms with Gasteiger partial charge in [-0.05, 0) is 37.6 Å². The lowest BCUT2D eigenvalue weighted by Crippen LogP contribution is -2.50. The van der Waals surface area contributed by atoms with E-state index in [1.807, 2.05) is 6.07 Å². The number of carbonyl (C=O) groups excluding carboxylic acids is 1. The summed E-state index contributed by atoms with van der Waals surface area (Å²) < 4.78 is 31.2. The third-order valence-electron chi connectivity index (χ3n) is 5.64. The molecule has 1 amide bonds. The molecule has 4 rings (SSSR count). The van der Waals surface area contributed by atoms with Crippen LogP contribution in [-0.4, -0.2) is 60.1 Å². The van der Waals surface area contributed by atoms with E-state index in [0.717, 1.165) is 25.3 Å². The van der Waals surface area contributed by atoms with Gasteiger partial charge in [0.2, 0.25) is 5.95 Å². The Hall–Kier alpha value is -3.22. The third kappa shape index (κ3) is 5.89. The molecule has 0 bridgehead atoms. The molecule has 1 aromatic carbocycles. The molecule has 13 heteroatoms. The summed E-state index contributed by atoms with van der Waals surface area (Å²) in [5.74, 6) is -0.321. The minimum Gasteiger partial charge on any atom is -0.433 e. The first kappa shape index (κ1) is 24.9. The van der Waals surface area contributed by atoms with E-state index in [9.17, 15) is 13.6 Å². The van der Waals surface area contributed by atoms with E-state index in [-0.39, 0.29) is 28.2 Å². The molecule has 1 fully saturated rings. The molecule has 0 unspecified atom stereocenters. The van der Waals surface area contributed by atoms with Crippen molar-refractivity contribution in [3.63, 3.8) is 0 Å². The molecule has 0 spiro atoms. The maximum absolute atomic E-state index is 13.2. The summed E-state index contributed by atoms with van der Waals surface area (Å²) in [6.45, 7) is 1.51. The number of halogens is 3. The molecule has 0 aliphatic carbocycles. The van der Waals surface area contributed by atoms with E-state index >= 15 is 0 Å². The molecular formula is C22H24ClF2N7O2S. The lowest BCUT2D eigenvalue weighted by molar-refractivity contribution is -0.0493. The zero-order valence-electron chi connectivity index (χ0n) is 19.0. The SMILES string of the molecule is C[C@H]1CN(c2ccc(Nc3ncc(Cl)c(Nc4ccsc4C(N)=O)n3)c(OC(F)F)c2)CCN1C. The molecule has 4 N–H and O–H groups in total. The Labute approximate surface area is 209 Å². The smallest absolute Gasteiger partial charge is 0.387 e. The molecular weight excluding hydrogens is 500 g/mol. The molecule has 1 atom stereocenters. The summed E-state index contributed by atoms with van der Waals surface area (Å²) >= 11 is 7.39. The average Bonchev–Trinajstić information content (AvgIpc) is 3.27. The van der Waals surface area contributed by atoms with Gasteiger partial charge in [-0.15, -0.1) is 11.3 Å². The zero-order valence-corrected chi connectivity index (χ0v) is 20.5. The second-order valence-corrected chi connectivity index (χ2v) is 9.33. The number of nitrogens with two attached hydrogens (primary N) is 1. The number of primary amides is 1. The van der Waals surface area contributed by atoms with E-state index < -0.39 is 12.5 Å². The predicted octanol–water partition coefficient (Wildman–Crippen LogP) is 4.52. The topological polar surface area (TPSA) is 109 Å². The molecule has 1 aliphatic heterocycles. The maximum Gasteiger partial charge on any atom is 0.387 e. The number of anilines is 5. The summed E-state index contributed by atoms with van der Waals surface area (Å²) in [6, 6.07) is 7.05. The highest BCUT2D eigenvalue weighted by molar-refractivity contribution is 7.12. The van der Waals surface area contributed by atoms with Crippen LogP contribution < -0.4 is 26.0 Å². The lowest BCUT2D eigenvalue weighted by atomic mass is 10.1. The fraction of sp³-hybridized carbons (Fsp3) is 0.318. The Kier molecular flexibility index (Phi) is 7.53. The Balaban J connectivity index is 1.58. The van der Waals surface area contributed by atoms with Gasteiger partial charge in [0.05, 0.1) is 17.6 Å². The van der Waals surface area contributed by atoms with Crippen LogP contribution in [-0.2, 0) is 0 Å². The number of alkyl halides is 2. The van der Waals surface area contributed by atoms with Crippen molar-refractivity contribution in [1.82, 2.24) is 14.9 Å². The van der Waals surface area contributed by atoms with Crippen molar-refractivity contribution in [3.05, 3.63) is 45.7 Å². The van der Waals surface area contributed by atoms with Crippen molar-refractivity contribution >= 4 is 57.7 Å². The molecule has 0 radical (unpaired) electrons. The number of piperazine rings is 1. The minimum absolute atomic E-state index is 0.0361. The monoisotopic (exact) mass is 523 g/mol. The Morgan fingerprint density at radius 3 is 2.80 bits per heavy atom. The Bertz CT molecular complexity index is 1210. The predicted molar refractivity (Wildman–Crippen MR) is 134 cm³/mol. The second kappa shape index (κ2) is 10.6. The number of hydrogen-bond acceptors (Lipinski definition) is 9. The summed E-state index contributed by atoms with van der Waals surface area (Å²) in [5.41, 5.74) is 6.88. The maximum atomic E-state index is 13.2. The van der Waals surface area contributed by atoms with Gasteiger partial charge in [-0.1, -0.05) is 11.6 Å². The number of benzene rings is 1. The van der Waals surface area contributed by atoms with E-state index in [1.165, 1.54) is 17.5 Å². The first-order valence-corrected chi connectivity index (χ1v) is 11.9. The molecule has 0 saturated carbocycles. The Morgan fingerprint density at radius 2 is 2.09 bits per heavy atom. The van der Waals surface area contributed by atoms with Crippen molar-refractivity contribution in [1.29, 1.82) is 0 Å². The van der Waals surface area contributed by atoms with Crippen LogP contribution in [0.15, 0.2) is 35.8 Å². The van der Waals surface area contributed by atoms with Gasteiger partial charge in [0.1, 0.15) is 9.90 Å². The first-order valence-electron chi connectivity index (χ1n) is 10.7. The number of thiophene rings is 1. The standard InChI is InChI=1S/C22H24ClF2N7O2S/c1-12-11-32(7-6-31(12)2)13-3-4-15(17(9-13)34-21(24)25)29-22-27-10-14(23)20(30-22)28-16-5-8-35-18(16)19(26)33/h3-5,8-10,12,21H,6-7,11H2,1-2H3,(H2,26,33)(H2,27,28,29,30)/t12-/m0/s1. The number of ether oxygens (including phenoxy) is 1. The van der Waals surface area contributed by atoms with Gasteiger partial charge >= 0.3 is 6.61 Å². The van der Waals surface area contributed by atoms with Crippen LogP contribution in [0.5, 0.6) is 5.75 Å². The number of amides is 1. The highest BCUT2D eigenvalue weighted by atomic mass is 35.5. The van der Waals surface area contributed by atoms with Gasteiger partial charge < -0.3 is 30.9 Å². The van der Waals surface area contributed by atoms with Crippen molar-refractivity contribution in [2.75, 3.05) is 42.2 Å². The van der Waals surface area contributed by atoms with Gasteiger partial charge in [-0.25, -0.2) is 4.98 Å². The summed E-state index contributed by atoms with van der Waals surface area (Å²) in [7, 11) is 2.06. The summed E-state index contributed by atoms with van der Waals surface area (Å²) in [6.07, 6.45) is 1.35. The Morgan fingerprint density at radius 1 is 1.29 bits per heavy atom. The van der Waals surface area contributed by atoms with Crippen LogP contribution in [0.2, 0.25) is 5.02 Å². The van der Waals surface area contributed by atoms with Gasteiger partial charge in [0, 0.05) is 37.4 Å². The van der Waals surface area contributed by atoms with Gasteiger partial charge in [0.25, 0.3) is 5.91 Å². The van der Waals surface area contributed by atoms with E-state index in [1.54, 1.807) is 23.6 Å². The number of aromatic nitrogens is 2. The number of carbonyl (C=O) groups is 1. The largest absolute Gasteiger partial charge is 0.433 e. The third-order valence-corrected chi connectivity index (χ3v) is 6.84. The number of rotatable bonds is 8. The summed E-state index contributed by atoms with van der Waals surface area (Å²) in [4.78, 5) is 24.7. The number of hydrogen-bond donors (Lipinski definition) is 3. The van der Waals surface area contributed by atoms with Gasteiger partial charge in [0.15, 0.2) is 11.6 Å². The minimum atomic E-state index is -3.01. The molecule has 2 aromatic heterocycles. The molecule has 35 heavy (non-hydrogen) atoms. The van der Waals surface area contributed by atoms with E-state index in [4.69, 9.17) is 22.1 Å². The second-order valence-electron chi connectivity index (χ2n) is 8.00. The molecule has 9 nitrogen and oxygen atoms in total. The lowest BCUT2D eigenvalue weighted by Gasteiger charge is -2.39. The van der Waals surface area contributed by atoms with Crippen LogP contribution in [0.1, 0.15) is 16.6 Å². The van der Waals surface area contributed by atoms with Gasteiger partial charge in [-0.3, -0.25) is 4.79 Å². The van der Waals surface area contributed by atoms with Crippen LogP contribution in [0.3, 0.4) is 0 Å². The van der Waals surface area contributed by atoms with Crippen LogP contribution in [0.25, 0.3) is 0 Å². The number of nitrogens with zero attached hydrogens (tertiary/aromatic N) is 4. The van der Waals surface area contributed by atoms with Crippen LogP contribution in [0.4, 0.5) is 37.6 Å². The normalized spacial score (nSPS) is 16.4. The molecule has 1 saturated heterocycles. The highest BCUT2D eigenvalue weighted by Crippen LogP contribution is 2.35. The number of likely N-dealkylation sites (N-methyl/N-ethyl adjacent to an activating group) is 1. The van der Waals surface area contributed by atoms with Crippen molar-refractivity contribution < 1.29 is 18.3 Å². The van der Waals surface area contributed by atoms with E-state index in [0.29, 0.717) is 16.6 Å². The number of nitrogens with one attached hydrogen (secondary N) is 2. The van der Waals surface area contributed by atoms with Gasteiger partial charge in [-0.2, -0.15) is 13.8 Å². The highest BCUT2D eigenvalue weighted by Gasteiger charge is 2.22. The quantitative estimate of drug-likeness (QED) is 0.395. The first-order chi connectivity index (χ1) is 16.7. The van der Waals surface area contributed by atoms with Crippen molar-refractivity contribution in [3.8, 4) is 5.75 Å². The fourth-order valence-electron chi connectivity index (χ4n) is 3.65. The van der Waals surface area contributed by atoms with Crippen molar-refractivity contribution in [2.45, 2.75) is 19.6 Å². The molecule has 3 aromatic rings.